The van der Waals surface area contributed by atoms with Crippen LogP contribution in [0.1, 0.15) is 46.6 Å². The van der Waals surface area contributed by atoms with E-state index in [9.17, 15) is 22.9 Å². The van der Waals surface area contributed by atoms with Gasteiger partial charge in [-0.2, -0.15) is 4.31 Å². The molecule has 0 aliphatic carbocycles. The van der Waals surface area contributed by atoms with Gasteiger partial charge in [-0.15, -0.1) is 0 Å². The lowest BCUT2D eigenvalue weighted by atomic mass is 10.0. The number of alkyl carbamates (subject to hydrolysis) is 1. The number of aliphatic hydroxyl groups is 1. The van der Waals surface area contributed by atoms with Crippen LogP contribution in [0.15, 0.2) is 53.4 Å². The van der Waals surface area contributed by atoms with Crippen molar-refractivity contribution in [3.05, 3.63) is 54.1 Å². The number of aliphatic hydroxyl groups excluding tert-OH is 1. The maximum atomic E-state index is 14.0. The maximum absolute atomic E-state index is 14.0. The van der Waals surface area contributed by atoms with Crippen molar-refractivity contribution in [3.63, 3.8) is 0 Å². The van der Waals surface area contributed by atoms with E-state index in [0.29, 0.717) is 13.0 Å². The van der Waals surface area contributed by atoms with Crippen LogP contribution >= 0.6 is 7.60 Å². The summed E-state index contributed by atoms with van der Waals surface area (Å²) in [6.07, 6.45) is -2.55. The highest BCUT2D eigenvalue weighted by Gasteiger charge is 2.36. The number of sulfonamides is 1. The number of rotatable bonds is 21. The Hall–Kier alpha value is -2.75. The number of benzene rings is 2. The Labute approximate surface area is 303 Å². The van der Waals surface area contributed by atoms with Gasteiger partial charge in [0.1, 0.15) is 11.9 Å². The van der Waals surface area contributed by atoms with Crippen molar-refractivity contribution in [2.75, 3.05) is 65.4 Å². The third kappa shape index (κ3) is 12.7. The van der Waals surface area contributed by atoms with Gasteiger partial charge in [-0.1, -0.05) is 26.0 Å². The van der Waals surface area contributed by atoms with Crippen molar-refractivity contribution in [2.24, 2.45) is 11.8 Å². The molecule has 0 spiro atoms. The molecule has 2 aromatic rings. The highest BCUT2D eigenvalue weighted by atomic mass is 32.2. The van der Waals surface area contributed by atoms with Crippen molar-refractivity contribution in [1.29, 1.82) is 0 Å². The van der Waals surface area contributed by atoms with Crippen LogP contribution < -0.4 is 15.0 Å². The Morgan fingerprint density at radius 2 is 1.65 bits per heavy atom. The number of amides is 1. The second kappa shape index (κ2) is 19.9. The van der Waals surface area contributed by atoms with Gasteiger partial charge in [0.15, 0.2) is 12.6 Å². The Kier molecular flexibility index (Phi) is 16.7. The lowest BCUT2D eigenvalue weighted by molar-refractivity contribution is -0.127. The lowest BCUT2D eigenvalue weighted by Crippen LogP contribution is -2.51. The topological polar surface area (TPSA) is 162 Å². The number of methoxy groups -OCH3 is 1. The highest BCUT2D eigenvalue weighted by molar-refractivity contribution is 7.89. The Morgan fingerprint density at radius 3 is 2.20 bits per heavy atom. The summed E-state index contributed by atoms with van der Waals surface area (Å²) in [7, 11) is -2.20. The number of ether oxygens (including phenoxy) is 4. The first-order chi connectivity index (χ1) is 24.1. The molecule has 0 saturated carbocycles. The van der Waals surface area contributed by atoms with Crippen LogP contribution in [-0.4, -0.2) is 109 Å². The summed E-state index contributed by atoms with van der Waals surface area (Å²) in [6.45, 7) is 9.56. The molecule has 14 nitrogen and oxygen atoms in total. The molecule has 1 aliphatic heterocycles. The molecule has 0 radical (unpaired) electrons. The molecule has 0 unspecified atom stereocenters. The van der Waals surface area contributed by atoms with Crippen LogP contribution in [0, 0.1) is 11.8 Å². The number of carbonyl (C=O) groups is 1. The van der Waals surface area contributed by atoms with Gasteiger partial charge in [-0.3, -0.25) is 4.57 Å². The SMILES string of the molecule is CCOP(=O)(COc1ccc(S(=O)(=O)N(CC(C)C)C[C@@H](O)[C@H](Cc2ccc(N(C)C)cc2)NC(=O)O[C@@H](C)[C@@H]2CCO[C@@H]2OC)cc1)OCC. The molecular formula is C35H56N3O11PS. The molecule has 1 fully saturated rings. The fourth-order valence-electron chi connectivity index (χ4n) is 5.72. The summed E-state index contributed by atoms with van der Waals surface area (Å²) in [6, 6.07) is 12.5. The summed E-state index contributed by atoms with van der Waals surface area (Å²) < 4.78 is 74.8. The molecule has 1 amide bonds. The second-order valence-corrected chi connectivity index (χ2v) is 17.0. The monoisotopic (exact) mass is 757 g/mol. The summed E-state index contributed by atoms with van der Waals surface area (Å²) in [5.74, 6) is 0.0337. The van der Waals surface area contributed by atoms with Gasteiger partial charge >= 0.3 is 13.7 Å². The molecule has 1 heterocycles. The molecule has 3 rings (SSSR count). The van der Waals surface area contributed by atoms with E-state index in [1.807, 2.05) is 57.1 Å². The van der Waals surface area contributed by atoms with Crippen LogP contribution in [0.2, 0.25) is 0 Å². The van der Waals surface area contributed by atoms with Crippen molar-refractivity contribution in [2.45, 2.75) is 76.9 Å². The third-order valence-electron chi connectivity index (χ3n) is 8.35. The Balaban J connectivity index is 1.82. The van der Waals surface area contributed by atoms with E-state index in [1.165, 1.54) is 35.7 Å². The summed E-state index contributed by atoms with van der Waals surface area (Å²) >= 11 is 0. The van der Waals surface area contributed by atoms with E-state index in [-0.39, 0.29) is 61.6 Å². The van der Waals surface area contributed by atoms with E-state index in [2.05, 4.69) is 5.32 Å². The van der Waals surface area contributed by atoms with Crippen molar-refractivity contribution in [1.82, 2.24) is 9.62 Å². The highest BCUT2D eigenvalue weighted by Crippen LogP contribution is 2.48. The number of nitrogens with zero attached hydrogens (tertiary/aromatic N) is 2. The molecule has 288 valence electrons. The van der Waals surface area contributed by atoms with Crippen molar-refractivity contribution in [3.8, 4) is 5.75 Å². The van der Waals surface area contributed by atoms with Crippen molar-refractivity contribution < 1.29 is 50.9 Å². The number of hydrogen-bond acceptors (Lipinski definition) is 12. The predicted octanol–water partition coefficient (Wildman–Crippen LogP) is 5.10. The maximum Gasteiger partial charge on any atom is 0.407 e. The smallest absolute Gasteiger partial charge is 0.407 e. The van der Waals surface area contributed by atoms with Gasteiger partial charge in [-0.25, -0.2) is 13.2 Å². The van der Waals surface area contributed by atoms with Gasteiger partial charge in [0.05, 0.1) is 36.9 Å². The Bertz CT molecular complexity index is 1500. The van der Waals surface area contributed by atoms with E-state index < -0.39 is 48.3 Å². The fourth-order valence-corrected chi connectivity index (χ4v) is 8.66. The molecule has 16 heteroatoms. The minimum absolute atomic E-state index is 0.0241. The van der Waals surface area contributed by atoms with E-state index in [0.717, 1.165) is 11.3 Å². The molecule has 2 aromatic carbocycles. The molecule has 2 N–H and O–H groups in total. The van der Waals surface area contributed by atoms with Crippen LogP contribution in [0.4, 0.5) is 10.5 Å². The van der Waals surface area contributed by atoms with Gasteiger partial charge in [0.2, 0.25) is 10.0 Å². The zero-order valence-electron chi connectivity index (χ0n) is 31.0. The first kappa shape index (κ1) is 42.7. The van der Waals surface area contributed by atoms with Crippen LogP contribution in [0.5, 0.6) is 5.75 Å². The van der Waals surface area contributed by atoms with E-state index >= 15 is 0 Å². The number of anilines is 1. The van der Waals surface area contributed by atoms with E-state index in [4.69, 9.17) is 28.0 Å². The summed E-state index contributed by atoms with van der Waals surface area (Å²) in [5, 5.41) is 14.5. The Morgan fingerprint density at radius 1 is 1.02 bits per heavy atom. The minimum atomic E-state index is -4.12. The van der Waals surface area contributed by atoms with Crippen LogP contribution in [0.3, 0.4) is 0 Å². The molecule has 5 atom stereocenters. The predicted molar refractivity (Wildman–Crippen MR) is 195 cm³/mol. The molecular weight excluding hydrogens is 701 g/mol. The summed E-state index contributed by atoms with van der Waals surface area (Å²) in [5.41, 5.74) is 1.81. The van der Waals surface area contributed by atoms with Crippen LogP contribution in [-0.2, 0) is 44.3 Å². The molecule has 0 aromatic heterocycles. The second-order valence-electron chi connectivity index (χ2n) is 13.0. The van der Waals surface area contributed by atoms with Crippen molar-refractivity contribution >= 4 is 29.4 Å². The lowest BCUT2D eigenvalue weighted by Gasteiger charge is -2.31. The van der Waals surface area contributed by atoms with E-state index in [1.54, 1.807) is 20.8 Å². The molecule has 0 bridgehead atoms. The standard InChI is InChI=1S/C35H56N3O11PS/c1-9-47-50(41,48-10-2)24-46-29-15-17-30(18-16-29)51(42,43)38(22-25(3)4)23-33(39)32(21-27-11-13-28(14-12-27)37(6)7)36-35(40)49-26(5)31-19-20-45-34(31)44-8/h11-18,25-26,31-34,39H,9-10,19-24H2,1-8H3,(H,36,40)/t26-,31-,32-,33+,34-/m0/s1. The average Bonchev–Trinajstić information content (AvgIpc) is 3.57. The molecule has 1 saturated heterocycles. The normalized spacial score (nSPS) is 18.4. The van der Waals surface area contributed by atoms with Gasteiger partial charge in [0.25, 0.3) is 0 Å². The largest absolute Gasteiger partial charge is 0.481 e. The first-order valence-electron chi connectivity index (χ1n) is 17.3. The molecule has 51 heavy (non-hydrogen) atoms. The minimum Gasteiger partial charge on any atom is -0.481 e. The molecule has 1 aliphatic rings. The zero-order valence-corrected chi connectivity index (χ0v) is 32.7. The number of carbonyl (C=O) groups excluding carboxylic acids is 1. The van der Waals surface area contributed by atoms with Gasteiger partial charge in [-0.05, 0) is 81.5 Å². The van der Waals surface area contributed by atoms with Crippen LogP contribution in [0.25, 0.3) is 0 Å². The number of nitrogens with one attached hydrogen (secondary N) is 1. The number of hydrogen-bond donors (Lipinski definition) is 2. The zero-order chi connectivity index (χ0) is 37.8. The quantitative estimate of drug-likeness (QED) is 0.162. The fraction of sp³-hybridized carbons (Fsp3) is 0.629. The summed E-state index contributed by atoms with van der Waals surface area (Å²) in [4.78, 5) is 15.2. The van der Waals surface area contributed by atoms with Gasteiger partial charge in [0, 0.05) is 45.9 Å². The van der Waals surface area contributed by atoms with Gasteiger partial charge < -0.3 is 43.3 Å². The third-order valence-corrected chi connectivity index (χ3v) is 11.9. The first-order valence-corrected chi connectivity index (χ1v) is 20.5. The average molecular weight is 758 g/mol.